The highest BCUT2D eigenvalue weighted by atomic mass is 19.3. The lowest BCUT2D eigenvalue weighted by molar-refractivity contribution is -0.170. The lowest BCUT2D eigenvalue weighted by Gasteiger charge is -2.12. The summed E-state index contributed by atoms with van der Waals surface area (Å²) in [5.74, 6) is -2.66. The number of hydroxylamine groups is 2. The van der Waals surface area contributed by atoms with Crippen LogP contribution in [0.4, 0.5) is 8.78 Å². The molecule has 0 spiro atoms. The Morgan fingerprint density at radius 3 is 2.15 bits per heavy atom. The molecule has 1 aliphatic heterocycles. The molecule has 6 nitrogen and oxygen atoms in total. The van der Waals surface area contributed by atoms with Crippen LogP contribution in [0.5, 0.6) is 5.75 Å². The molecule has 8 heteroatoms. The van der Waals surface area contributed by atoms with Crippen molar-refractivity contribution in [1.82, 2.24) is 5.06 Å². The molecule has 1 heterocycles. The van der Waals surface area contributed by atoms with Gasteiger partial charge in [0.1, 0.15) is 5.75 Å². The first-order chi connectivity index (χ1) is 13.0. The number of hydrogen-bond donors (Lipinski definition) is 0. The first-order valence-electron chi connectivity index (χ1n) is 8.20. The molecule has 0 saturated heterocycles. The fourth-order valence-corrected chi connectivity index (χ4v) is 3.13. The van der Waals surface area contributed by atoms with E-state index in [1.54, 1.807) is 24.3 Å². The van der Waals surface area contributed by atoms with Gasteiger partial charge in [0.2, 0.25) is 0 Å². The van der Waals surface area contributed by atoms with Gasteiger partial charge in [0, 0.05) is 0 Å². The van der Waals surface area contributed by atoms with Gasteiger partial charge in [0.05, 0.1) is 17.0 Å². The monoisotopic (exact) mass is 373 g/mol. The molecule has 27 heavy (non-hydrogen) atoms. The largest absolute Gasteiger partial charge is 0.435 e. The molecule has 2 aliphatic rings. The Morgan fingerprint density at radius 1 is 1.00 bits per heavy atom. The van der Waals surface area contributed by atoms with Crippen LogP contribution in [0.15, 0.2) is 48.5 Å². The zero-order chi connectivity index (χ0) is 19.1. The maximum absolute atomic E-state index is 12.3. The Balaban J connectivity index is 1.40. The topological polar surface area (TPSA) is 72.9 Å². The first-order valence-corrected chi connectivity index (χ1v) is 8.20. The average Bonchev–Trinajstić information content (AvgIpc) is 3.42. The minimum atomic E-state index is -2.90. The van der Waals surface area contributed by atoms with Crippen LogP contribution in [0.2, 0.25) is 0 Å². The molecule has 2 aromatic carbocycles. The molecule has 1 fully saturated rings. The highest BCUT2D eigenvalue weighted by Crippen LogP contribution is 2.48. The molecule has 2 aromatic rings. The highest BCUT2D eigenvalue weighted by Gasteiger charge is 2.48. The van der Waals surface area contributed by atoms with Crippen molar-refractivity contribution in [2.75, 3.05) is 0 Å². The molecule has 0 radical (unpaired) electrons. The Kier molecular flexibility index (Phi) is 4.10. The average molecular weight is 373 g/mol. The van der Waals surface area contributed by atoms with E-state index in [2.05, 4.69) is 4.74 Å². The van der Waals surface area contributed by atoms with Crippen LogP contribution >= 0.6 is 0 Å². The van der Waals surface area contributed by atoms with E-state index in [1.165, 1.54) is 24.3 Å². The van der Waals surface area contributed by atoms with Crippen molar-refractivity contribution in [2.45, 2.75) is 19.0 Å². The van der Waals surface area contributed by atoms with Gasteiger partial charge in [-0.2, -0.15) is 8.78 Å². The van der Waals surface area contributed by atoms with Gasteiger partial charge < -0.3 is 9.57 Å². The summed E-state index contributed by atoms with van der Waals surface area (Å²) in [6, 6.07) is 12.2. The summed E-state index contributed by atoms with van der Waals surface area (Å²) in [5.41, 5.74) is 1.15. The van der Waals surface area contributed by atoms with Gasteiger partial charge in [-0.25, -0.2) is 4.79 Å². The number of benzene rings is 2. The molecule has 2 amide bonds. The number of hydrogen-bond acceptors (Lipinski definition) is 5. The van der Waals surface area contributed by atoms with E-state index >= 15 is 0 Å². The number of carbonyl (C=O) groups excluding carboxylic acids is 3. The number of ether oxygens (including phenoxy) is 1. The molecule has 0 unspecified atom stereocenters. The molecular weight excluding hydrogens is 360 g/mol. The number of amides is 2. The van der Waals surface area contributed by atoms with E-state index in [0.717, 1.165) is 5.56 Å². The molecule has 138 valence electrons. The number of carbonyl (C=O) groups is 3. The predicted molar refractivity (Wildman–Crippen MR) is 87.0 cm³/mol. The SMILES string of the molecule is O=C(ON1C(=O)c2ccccc2C1=O)[C@H]1C[C@@H]1c1ccc(OC(F)F)cc1. The first kappa shape index (κ1) is 17.1. The molecule has 4 rings (SSSR count). The lowest BCUT2D eigenvalue weighted by atomic mass is 10.1. The van der Waals surface area contributed by atoms with E-state index in [0.29, 0.717) is 11.5 Å². The second-order valence-electron chi connectivity index (χ2n) is 6.26. The van der Waals surface area contributed by atoms with E-state index in [9.17, 15) is 23.2 Å². The van der Waals surface area contributed by atoms with Gasteiger partial charge in [-0.1, -0.05) is 29.3 Å². The lowest BCUT2D eigenvalue weighted by Crippen LogP contribution is -2.33. The minimum absolute atomic E-state index is 0.0274. The third-order valence-corrected chi connectivity index (χ3v) is 4.56. The summed E-state index contributed by atoms with van der Waals surface area (Å²) in [6.45, 7) is -2.90. The molecule has 1 saturated carbocycles. The van der Waals surface area contributed by atoms with E-state index in [4.69, 9.17) is 4.84 Å². The second-order valence-corrected chi connectivity index (χ2v) is 6.26. The summed E-state index contributed by atoms with van der Waals surface area (Å²) in [5, 5.41) is 0.488. The zero-order valence-corrected chi connectivity index (χ0v) is 13.8. The normalized spacial score (nSPS) is 20.6. The van der Waals surface area contributed by atoms with Crippen LogP contribution in [-0.4, -0.2) is 29.5 Å². The fraction of sp³-hybridized carbons (Fsp3) is 0.211. The number of alkyl halides is 2. The molecular formula is C19H13F2NO5. The second kappa shape index (κ2) is 6.46. The number of halogens is 2. The number of imide groups is 1. The van der Waals surface area contributed by atoms with E-state index in [1.807, 2.05) is 0 Å². The predicted octanol–water partition coefficient (Wildman–Crippen LogP) is 3.15. The maximum Gasteiger partial charge on any atom is 0.387 e. The summed E-state index contributed by atoms with van der Waals surface area (Å²) in [7, 11) is 0. The minimum Gasteiger partial charge on any atom is -0.435 e. The van der Waals surface area contributed by atoms with Crippen LogP contribution < -0.4 is 4.74 Å². The molecule has 0 N–H and O–H groups in total. The molecule has 2 atom stereocenters. The highest BCUT2D eigenvalue weighted by molar-refractivity contribution is 6.20. The van der Waals surface area contributed by atoms with E-state index in [-0.39, 0.29) is 22.8 Å². The Labute approximate surface area is 152 Å². The smallest absolute Gasteiger partial charge is 0.387 e. The van der Waals surface area contributed by atoms with Gasteiger partial charge in [-0.05, 0) is 42.2 Å². The molecule has 0 bridgehead atoms. The number of nitrogens with zero attached hydrogens (tertiary/aromatic N) is 1. The number of fused-ring (bicyclic) bond motifs is 1. The van der Waals surface area contributed by atoms with Gasteiger partial charge >= 0.3 is 12.6 Å². The van der Waals surface area contributed by atoms with Crippen LogP contribution in [0.3, 0.4) is 0 Å². The maximum atomic E-state index is 12.3. The summed E-state index contributed by atoms with van der Waals surface area (Å²) in [6.07, 6.45) is 0.483. The van der Waals surface area contributed by atoms with Crippen molar-refractivity contribution in [3.05, 3.63) is 65.2 Å². The van der Waals surface area contributed by atoms with Crippen LogP contribution in [0, 0.1) is 5.92 Å². The van der Waals surface area contributed by atoms with Crippen molar-refractivity contribution in [2.24, 2.45) is 5.92 Å². The molecule has 1 aliphatic carbocycles. The quantitative estimate of drug-likeness (QED) is 0.753. The van der Waals surface area contributed by atoms with Crippen molar-refractivity contribution in [1.29, 1.82) is 0 Å². The van der Waals surface area contributed by atoms with Crippen molar-refractivity contribution >= 4 is 17.8 Å². The van der Waals surface area contributed by atoms with Gasteiger partial charge in [-0.15, -0.1) is 0 Å². The van der Waals surface area contributed by atoms with Crippen LogP contribution in [0.25, 0.3) is 0 Å². The number of rotatable bonds is 5. The van der Waals surface area contributed by atoms with E-state index < -0.39 is 30.3 Å². The van der Waals surface area contributed by atoms with Gasteiger partial charge in [0.15, 0.2) is 0 Å². The third kappa shape index (κ3) is 3.14. The Bertz CT molecular complexity index is 893. The molecule has 0 aromatic heterocycles. The summed E-state index contributed by atoms with van der Waals surface area (Å²) >= 11 is 0. The summed E-state index contributed by atoms with van der Waals surface area (Å²) < 4.78 is 28.6. The Morgan fingerprint density at radius 2 is 1.59 bits per heavy atom. The fourth-order valence-electron chi connectivity index (χ4n) is 3.13. The van der Waals surface area contributed by atoms with Crippen molar-refractivity contribution in [3.63, 3.8) is 0 Å². The van der Waals surface area contributed by atoms with Crippen LogP contribution in [-0.2, 0) is 9.63 Å². The van der Waals surface area contributed by atoms with Crippen molar-refractivity contribution < 1.29 is 32.7 Å². The standard InChI is InChI=1S/C19H13F2NO5/c20-19(21)26-11-7-5-10(6-8-11)14-9-15(14)18(25)27-22-16(23)12-3-1-2-4-13(12)17(22)24/h1-8,14-15,19H,9H2/t14-,15+/m1/s1. The van der Waals surface area contributed by atoms with Crippen molar-refractivity contribution in [3.8, 4) is 5.75 Å². The zero-order valence-electron chi connectivity index (χ0n) is 13.8. The van der Waals surface area contributed by atoms with Gasteiger partial charge in [0.25, 0.3) is 11.8 Å². The Hall–Kier alpha value is -3.29. The van der Waals surface area contributed by atoms with Gasteiger partial charge in [-0.3, -0.25) is 9.59 Å². The van der Waals surface area contributed by atoms with Crippen LogP contribution in [0.1, 0.15) is 38.6 Å². The summed E-state index contributed by atoms with van der Waals surface area (Å²) in [4.78, 5) is 41.8. The third-order valence-electron chi connectivity index (χ3n) is 4.56.